The van der Waals surface area contributed by atoms with Gasteiger partial charge < -0.3 is 20.9 Å². The molecule has 0 saturated carbocycles. The van der Waals surface area contributed by atoms with Gasteiger partial charge in [0.05, 0.1) is 11.4 Å². The molecule has 0 amide bonds. The Bertz CT molecular complexity index is 2610. The van der Waals surface area contributed by atoms with Crippen LogP contribution < -0.4 is 20.9 Å². The van der Waals surface area contributed by atoms with Crippen molar-refractivity contribution in [2.45, 2.75) is 6.42 Å². The zero-order chi connectivity index (χ0) is 35.7. The van der Waals surface area contributed by atoms with Crippen LogP contribution in [-0.4, -0.2) is 0 Å². The Kier molecular flexibility index (Phi) is 8.18. The minimum atomic E-state index is 0.592. The van der Waals surface area contributed by atoms with Crippen LogP contribution in [0.25, 0.3) is 55.6 Å². The summed E-state index contributed by atoms with van der Waals surface area (Å²) in [6.45, 7) is 0. The summed E-state index contributed by atoms with van der Waals surface area (Å²) in [6, 6.07) is 62.3. The second kappa shape index (κ2) is 13.6. The fraction of sp³-hybridized carbons (Fsp3) is 0.0204. The summed E-state index contributed by atoms with van der Waals surface area (Å²) < 4.78 is 12.8. The first-order chi connectivity index (χ1) is 26.1. The molecule has 4 N–H and O–H groups in total. The first kappa shape index (κ1) is 31.9. The summed E-state index contributed by atoms with van der Waals surface area (Å²) in [5.41, 5.74) is 27.9. The SMILES string of the molecule is Nc1ccccc1Oc1ccc(-c2ccc3c(c2-c2ccc(Oc4ccccc4N)cc2-c2ccccc2)Cc2ccccc2-3)c(-c2ccccc2)c1. The molecule has 4 heteroatoms. The molecule has 8 aromatic rings. The highest BCUT2D eigenvalue weighted by atomic mass is 16.5. The molecule has 254 valence electrons. The number of ether oxygens (including phenoxy) is 2. The standard InChI is InChI=1S/C49H36N2O2/c50-45-19-9-11-21-47(45)52-35-23-25-39(42(30-35)32-13-3-1-4-14-32)40-28-27-38-37-18-8-7-17-34(37)29-44(38)49(40)41-26-24-36(53-48-22-12-10-20-46(48)51)31-43(41)33-15-5-2-6-16-33/h1-28,30-31H,29,50-51H2. The van der Waals surface area contributed by atoms with E-state index in [0.717, 1.165) is 51.1 Å². The van der Waals surface area contributed by atoms with Gasteiger partial charge in [-0.2, -0.15) is 0 Å². The van der Waals surface area contributed by atoms with Crippen molar-refractivity contribution >= 4 is 11.4 Å². The van der Waals surface area contributed by atoms with Crippen LogP contribution in [0.15, 0.2) is 182 Å². The summed E-state index contributed by atoms with van der Waals surface area (Å²) >= 11 is 0. The van der Waals surface area contributed by atoms with E-state index in [9.17, 15) is 0 Å². The van der Waals surface area contributed by atoms with Gasteiger partial charge in [-0.1, -0.05) is 133 Å². The van der Waals surface area contributed by atoms with Gasteiger partial charge in [-0.25, -0.2) is 0 Å². The molecule has 9 rings (SSSR count). The quantitative estimate of drug-likeness (QED) is 0.156. The van der Waals surface area contributed by atoms with E-state index in [2.05, 4.69) is 121 Å². The van der Waals surface area contributed by atoms with Gasteiger partial charge in [0.25, 0.3) is 0 Å². The lowest BCUT2D eigenvalue weighted by Crippen LogP contribution is -1.98. The Labute approximate surface area is 309 Å². The zero-order valence-corrected chi connectivity index (χ0v) is 29.0. The van der Waals surface area contributed by atoms with Crippen molar-refractivity contribution in [2.75, 3.05) is 11.5 Å². The van der Waals surface area contributed by atoms with Gasteiger partial charge in [0.2, 0.25) is 0 Å². The van der Waals surface area contributed by atoms with Gasteiger partial charge in [-0.15, -0.1) is 0 Å². The summed E-state index contributed by atoms with van der Waals surface area (Å²) in [5.74, 6) is 2.69. The minimum Gasteiger partial charge on any atom is -0.455 e. The molecule has 4 nitrogen and oxygen atoms in total. The highest BCUT2D eigenvalue weighted by molar-refractivity contribution is 6.01. The van der Waals surface area contributed by atoms with Crippen molar-refractivity contribution in [3.63, 3.8) is 0 Å². The Balaban J connectivity index is 1.28. The lowest BCUT2D eigenvalue weighted by molar-refractivity contribution is 0.485. The van der Waals surface area contributed by atoms with E-state index in [0.29, 0.717) is 28.6 Å². The largest absolute Gasteiger partial charge is 0.455 e. The van der Waals surface area contributed by atoms with Crippen LogP contribution >= 0.6 is 0 Å². The number of nitrogen functional groups attached to an aromatic ring is 2. The lowest BCUT2D eigenvalue weighted by atomic mass is 9.82. The molecule has 0 saturated heterocycles. The smallest absolute Gasteiger partial charge is 0.150 e. The number of anilines is 2. The molecular formula is C49H36N2O2. The monoisotopic (exact) mass is 684 g/mol. The van der Waals surface area contributed by atoms with Gasteiger partial charge in [-0.3, -0.25) is 0 Å². The van der Waals surface area contributed by atoms with Crippen LogP contribution in [-0.2, 0) is 6.42 Å². The molecule has 0 radical (unpaired) electrons. The number of para-hydroxylation sites is 4. The lowest BCUT2D eigenvalue weighted by Gasteiger charge is -2.22. The maximum absolute atomic E-state index is 6.42. The molecule has 0 fully saturated rings. The van der Waals surface area contributed by atoms with Gasteiger partial charge in [-0.05, 0) is 122 Å². The molecule has 0 atom stereocenters. The Morgan fingerprint density at radius 2 is 0.830 bits per heavy atom. The van der Waals surface area contributed by atoms with Crippen molar-refractivity contribution in [1.29, 1.82) is 0 Å². The van der Waals surface area contributed by atoms with Crippen LogP contribution in [0.3, 0.4) is 0 Å². The summed E-state index contributed by atoms with van der Waals surface area (Å²) in [6.07, 6.45) is 0.830. The third-order valence-electron chi connectivity index (χ3n) is 9.99. The van der Waals surface area contributed by atoms with E-state index in [-0.39, 0.29) is 0 Å². The van der Waals surface area contributed by atoms with Crippen LogP contribution in [0.2, 0.25) is 0 Å². The van der Waals surface area contributed by atoms with E-state index >= 15 is 0 Å². The van der Waals surface area contributed by atoms with Crippen LogP contribution in [0.4, 0.5) is 11.4 Å². The van der Waals surface area contributed by atoms with Crippen LogP contribution in [0.5, 0.6) is 23.0 Å². The fourth-order valence-corrected chi connectivity index (χ4v) is 7.48. The normalized spacial score (nSPS) is 11.5. The van der Waals surface area contributed by atoms with E-state index in [4.69, 9.17) is 20.9 Å². The highest BCUT2D eigenvalue weighted by Gasteiger charge is 2.27. The third-order valence-corrected chi connectivity index (χ3v) is 9.99. The molecule has 53 heavy (non-hydrogen) atoms. The second-order valence-corrected chi connectivity index (χ2v) is 13.3. The average molecular weight is 685 g/mol. The number of fused-ring (bicyclic) bond motifs is 3. The number of hydrogen-bond acceptors (Lipinski definition) is 4. The van der Waals surface area contributed by atoms with Crippen molar-refractivity contribution < 1.29 is 9.47 Å². The Morgan fingerprint density at radius 3 is 1.43 bits per heavy atom. The zero-order valence-electron chi connectivity index (χ0n) is 29.0. The van der Waals surface area contributed by atoms with Gasteiger partial charge in [0.1, 0.15) is 23.0 Å². The average Bonchev–Trinajstić information content (AvgIpc) is 3.59. The molecule has 0 heterocycles. The second-order valence-electron chi connectivity index (χ2n) is 13.3. The molecule has 0 spiro atoms. The first-order valence-electron chi connectivity index (χ1n) is 17.8. The molecular weight excluding hydrogens is 649 g/mol. The minimum absolute atomic E-state index is 0.592. The maximum atomic E-state index is 6.42. The Hall–Kier alpha value is -7.04. The van der Waals surface area contributed by atoms with E-state index in [1.807, 2.05) is 60.7 Å². The van der Waals surface area contributed by atoms with Crippen LogP contribution in [0, 0.1) is 0 Å². The topological polar surface area (TPSA) is 70.5 Å². The molecule has 0 aromatic heterocycles. The molecule has 8 aromatic carbocycles. The van der Waals surface area contributed by atoms with Crippen molar-refractivity contribution in [2.24, 2.45) is 0 Å². The number of hydrogen-bond donors (Lipinski definition) is 2. The van der Waals surface area contributed by atoms with Gasteiger partial charge in [0.15, 0.2) is 0 Å². The summed E-state index contributed by atoms with van der Waals surface area (Å²) in [4.78, 5) is 0. The third kappa shape index (κ3) is 6.07. The molecule has 0 bridgehead atoms. The van der Waals surface area contributed by atoms with E-state index < -0.39 is 0 Å². The molecule has 1 aliphatic carbocycles. The molecule has 1 aliphatic rings. The first-order valence-corrected chi connectivity index (χ1v) is 17.8. The van der Waals surface area contributed by atoms with Crippen LogP contribution in [0.1, 0.15) is 11.1 Å². The predicted octanol–water partition coefficient (Wildman–Crippen LogP) is 12.7. The number of nitrogens with two attached hydrogens (primary N) is 2. The summed E-state index contributed by atoms with van der Waals surface area (Å²) in [5, 5.41) is 0. The number of benzene rings is 8. The fourth-order valence-electron chi connectivity index (χ4n) is 7.48. The predicted molar refractivity (Wildman–Crippen MR) is 218 cm³/mol. The van der Waals surface area contributed by atoms with E-state index in [1.165, 1.54) is 27.8 Å². The summed E-state index contributed by atoms with van der Waals surface area (Å²) in [7, 11) is 0. The van der Waals surface area contributed by atoms with Crippen molar-refractivity contribution in [3.8, 4) is 78.6 Å². The van der Waals surface area contributed by atoms with Crippen molar-refractivity contribution in [3.05, 3.63) is 193 Å². The van der Waals surface area contributed by atoms with E-state index in [1.54, 1.807) is 0 Å². The highest BCUT2D eigenvalue weighted by Crippen LogP contribution is 2.51. The molecule has 0 aliphatic heterocycles. The van der Waals surface area contributed by atoms with Gasteiger partial charge >= 0.3 is 0 Å². The van der Waals surface area contributed by atoms with Crippen molar-refractivity contribution in [1.82, 2.24) is 0 Å². The number of rotatable bonds is 8. The Morgan fingerprint density at radius 1 is 0.358 bits per heavy atom. The maximum Gasteiger partial charge on any atom is 0.150 e. The molecule has 0 unspecified atom stereocenters. The van der Waals surface area contributed by atoms with Gasteiger partial charge in [0, 0.05) is 0 Å².